The molecule has 3 aliphatic rings. The average molecular weight is 237 g/mol. The number of piperazine rings is 1. The number of nitrogens with zero attached hydrogens (tertiary/aromatic N) is 2. The van der Waals surface area contributed by atoms with Crippen molar-refractivity contribution in [2.45, 2.75) is 63.7 Å². The Morgan fingerprint density at radius 2 is 1.53 bits per heavy atom. The van der Waals surface area contributed by atoms with Gasteiger partial charge in [0, 0.05) is 50.3 Å². The monoisotopic (exact) mass is 237 g/mol. The van der Waals surface area contributed by atoms with E-state index in [1.807, 2.05) is 0 Å². The Balaban J connectivity index is 1.64. The number of rotatable bonds is 2. The maximum atomic E-state index is 3.47. The first-order valence-electron chi connectivity index (χ1n) is 7.48. The fraction of sp³-hybridized carbons (Fsp3) is 1.00. The second-order valence-electron chi connectivity index (χ2n) is 6.34. The van der Waals surface area contributed by atoms with Crippen molar-refractivity contribution in [1.82, 2.24) is 15.1 Å². The van der Waals surface area contributed by atoms with Gasteiger partial charge in [-0.3, -0.25) is 9.80 Å². The fourth-order valence-corrected chi connectivity index (χ4v) is 4.37. The Morgan fingerprint density at radius 1 is 0.941 bits per heavy atom. The van der Waals surface area contributed by atoms with Crippen LogP contribution in [0.1, 0.15) is 39.5 Å². The summed E-state index contributed by atoms with van der Waals surface area (Å²) in [6.07, 6.45) is 5.75. The lowest BCUT2D eigenvalue weighted by molar-refractivity contribution is 0.0348. The van der Waals surface area contributed by atoms with Gasteiger partial charge in [-0.05, 0) is 39.5 Å². The summed E-state index contributed by atoms with van der Waals surface area (Å²) in [5.74, 6) is 0. The maximum Gasteiger partial charge on any atom is 0.0126 e. The van der Waals surface area contributed by atoms with E-state index in [2.05, 4.69) is 29.0 Å². The molecule has 0 amide bonds. The van der Waals surface area contributed by atoms with E-state index in [1.54, 1.807) is 0 Å². The van der Waals surface area contributed by atoms with E-state index in [4.69, 9.17) is 0 Å². The Hall–Kier alpha value is -0.120. The number of piperidine rings is 1. The summed E-state index contributed by atoms with van der Waals surface area (Å²) in [5, 5.41) is 3.47. The number of hydrogen-bond acceptors (Lipinski definition) is 3. The van der Waals surface area contributed by atoms with Crippen LogP contribution in [-0.2, 0) is 0 Å². The van der Waals surface area contributed by atoms with Crippen molar-refractivity contribution in [3.05, 3.63) is 0 Å². The summed E-state index contributed by atoms with van der Waals surface area (Å²) in [6, 6.07) is 3.39. The minimum atomic E-state index is 0.747. The summed E-state index contributed by atoms with van der Waals surface area (Å²) in [4.78, 5) is 5.55. The molecule has 2 atom stereocenters. The van der Waals surface area contributed by atoms with Crippen LogP contribution in [0.3, 0.4) is 0 Å². The summed E-state index contributed by atoms with van der Waals surface area (Å²) in [5.41, 5.74) is 0. The summed E-state index contributed by atoms with van der Waals surface area (Å²) in [6.45, 7) is 9.67. The zero-order valence-corrected chi connectivity index (χ0v) is 11.4. The molecule has 0 spiro atoms. The van der Waals surface area contributed by atoms with Crippen molar-refractivity contribution in [3.8, 4) is 0 Å². The van der Waals surface area contributed by atoms with Crippen molar-refractivity contribution >= 4 is 0 Å². The van der Waals surface area contributed by atoms with Crippen molar-refractivity contribution < 1.29 is 0 Å². The molecule has 3 nitrogen and oxygen atoms in total. The van der Waals surface area contributed by atoms with Crippen LogP contribution in [0.4, 0.5) is 0 Å². The van der Waals surface area contributed by atoms with Crippen molar-refractivity contribution in [2.24, 2.45) is 0 Å². The van der Waals surface area contributed by atoms with Gasteiger partial charge >= 0.3 is 0 Å². The largest absolute Gasteiger partial charge is 0.314 e. The van der Waals surface area contributed by atoms with Gasteiger partial charge in [0.05, 0.1) is 0 Å². The molecule has 3 heterocycles. The van der Waals surface area contributed by atoms with Gasteiger partial charge in [0.25, 0.3) is 0 Å². The van der Waals surface area contributed by atoms with E-state index in [9.17, 15) is 0 Å². The molecule has 2 unspecified atom stereocenters. The molecule has 98 valence electrons. The molecule has 0 aromatic heterocycles. The van der Waals surface area contributed by atoms with E-state index in [1.165, 1.54) is 51.9 Å². The highest BCUT2D eigenvalue weighted by molar-refractivity contribution is 4.99. The first kappa shape index (κ1) is 11.9. The second kappa shape index (κ2) is 4.87. The number of hydrogen-bond donors (Lipinski definition) is 1. The Bertz CT molecular complexity index is 246. The van der Waals surface area contributed by atoms with Gasteiger partial charge in [-0.2, -0.15) is 0 Å². The molecule has 3 fully saturated rings. The van der Waals surface area contributed by atoms with Gasteiger partial charge in [0.1, 0.15) is 0 Å². The quantitative estimate of drug-likeness (QED) is 0.781. The number of nitrogens with one attached hydrogen (secondary N) is 1. The van der Waals surface area contributed by atoms with E-state index in [-0.39, 0.29) is 0 Å². The predicted octanol–water partition coefficient (Wildman–Crippen LogP) is 1.30. The van der Waals surface area contributed by atoms with Crippen LogP contribution >= 0.6 is 0 Å². The van der Waals surface area contributed by atoms with E-state index in [0.29, 0.717) is 0 Å². The topological polar surface area (TPSA) is 18.5 Å². The molecule has 0 aromatic carbocycles. The highest BCUT2D eigenvalue weighted by Gasteiger charge is 2.43. The molecule has 0 saturated carbocycles. The lowest BCUT2D eigenvalue weighted by Gasteiger charge is -2.46. The Labute approximate surface area is 106 Å². The van der Waals surface area contributed by atoms with Gasteiger partial charge in [-0.1, -0.05) is 0 Å². The molecule has 3 saturated heterocycles. The van der Waals surface area contributed by atoms with Crippen LogP contribution in [0.15, 0.2) is 0 Å². The molecule has 2 bridgehead atoms. The van der Waals surface area contributed by atoms with Crippen LogP contribution < -0.4 is 5.32 Å². The molecular formula is C14H27N3. The van der Waals surface area contributed by atoms with Gasteiger partial charge in [0.2, 0.25) is 0 Å². The van der Waals surface area contributed by atoms with Gasteiger partial charge < -0.3 is 5.32 Å². The van der Waals surface area contributed by atoms with Crippen LogP contribution in [0, 0.1) is 0 Å². The van der Waals surface area contributed by atoms with E-state index in [0.717, 1.165) is 24.2 Å². The van der Waals surface area contributed by atoms with Crippen molar-refractivity contribution in [3.63, 3.8) is 0 Å². The minimum Gasteiger partial charge on any atom is -0.314 e. The van der Waals surface area contributed by atoms with E-state index >= 15 is 0 Å². The van der Waals surface area contributed by atoms with Crippen molar-refractivity contribution in [2.75, 3.05) is 26.2 Å². The SMILES string of the molecule is CC(C)N1C2CCC1CC(N1CCNCC1)C2. The van der Waals surface area contributed by atoms with Gasteiger partial charge in [-0.25, -0.2) is 0 Å². The molecule has 0 aromatic rings. The lowest BCUT2D eigenvalue weighted by Crippen LogP contribution is -2.56. The third-order valence-electron chi connectivity index (χ3n) is 5.03. The third-order valence-corrected chi connectivity index (χ3v) is 5.03. The lowest BCUT2D eigenvalue weighted by atomic mass is 9.94. The molecular weight excluding hydrogens is 210 g/mol. The number of fused-ring (bicyclic) bond motifs is 2. The van der Waals surface area contributed by atoms with Gasteiger partial charge in [-0.15, -0.1) is 0 Å². The molecule has 1 N–H and O–H groups in total. The average Bonchev–Trinajstić information content (AvgIpc) is 2.62. The fourth-order valence-electron chi connectivity index (χ4n) is 4.37. The van der Waals surface area contributed by atoms with Gasteiger partial charge in [0.15, 0.2) is 0 Å². The summed E-state index contributed by atoms with van der Waals surface area (Å²) >= 11 is 0. The molecule has 17 heavy (non-hydrogen) atoms. The maximum absolute atomic E-state index is 3.47. The summed E-state index contributed by atoms with van der Waals surface area (Å²) < 4.78 is 0. The molecule has 0 radical (unpaired) electrons. The highest BCUT2D eigenvalue weighted by Crippen LogP contribution is 2.38. The van der Waals surface area contributed by atoms with Crippen LogP contribution in [0.25, 0.3) is 0 Å². The van der Waals surface area contributed by atoms with E-state index < -0.39 is 0 Å². The zero-order chi connectivity index (χ0) is 11.8. The standard InChI is InChI=1S/C14H27N3/c1-11(2)17-12-3-4-13(17)10-14(9-12)16-7-5-15-6-8-16/h11-15H,3-10H2,1-2H3. The van der Waals surface area contributed by atoms with Crippen LogP contribution in [0.5, 0.6) is 0 Å². The predicted molar refractivity (Wildman–Crippen MR) is 71.2 cm³/mol. The first-order valence-corrected chi connectivity index (χ1v) is 7.48. The Kier molecular flexibility index (Phi) is 3.42. The van der Waals surface area contributed by atoms with Crippen molar-refractivity contribution in [1.29, 1.82) is 0 Å². The highest BCUT2D eigenvalue weighted by atomic mass is 15.3. The van der Waals surface area contributed by atoms with Crippen LogP contribution in [0.2, 0.25) is 0 Å². The minimum absolute atomic E-state index is 0.747. The van der Waals surface area contributed by atoms with Crippen LogP contribution in [-0.4, -0.2) is 60.1 Å². The second-order valence-corrected chi connectivity index (χ2v) is 6.34. The molecule has 3 rings (SSSR count). The molecule has 3 aliphatic heterocycles. The zero-order valence-electron chi connectivity index (χ0n) is 11.4. The summed E-state index contributed by atoms with van der Waals surface area (Å²) in [7, 11) is 0. The Morgan fingerprint density at radius 3 is 2.06 bits per heavy atom. The normalized spacial score (nSPS) is 40.1. The smallest absolute Gasteiger partial charge is 0.0126 e. The molecule has 0 aliphatic carbocycles. The molecule has 3 heteroatoms. The first-order chi connectivity index (χ1) is 8.25. The third kappa shape index (κ3) is 2.25.